The van der Waals surface area contributed by atoms with Gasteiger partial charge in [-0.05, 0) is 36.6 Å². The van der Waals surface area contributed by atoms with Gasteiger partial charge >= 0.3 is 0 Å². The van der Waals surface area contributed by atoms with E-state index in [0.717, 1.165) is 22.2 Å². The average Bonchev–Trinajstić information content (AvgIpc) is 3.00. The highest BCUT2D eigenvalue weighted by Gasteiger charge is 2.19. The number of nitrogens with zero attached hydrogens (tertiary/aromatic N) is 2. The molecule has 5 nitrogen and oxygen atoms in total. The van der Waals surface area contributed by atoms with E-state index in [1.807, 2.05) is 49.4 Å². The average molecular weight is 320 g/mol. The van der Waals surface area contributed by atoms with Crippen molar-refractivity contribution in [2.75, 3.05) is 0 Å². The van der Waals surface area contributed by atoms with Gasteiger partial charge in [0.2, 0.25) is 0 Å². The molecule has 122 valence electrons. The van der Waals surface area contributed by atoms with E-state index in [9.17, 15) is 4.79 Å². The fourth-order valence-electron chi connectivity index (χ4n) is 2.77. The van der Waals surface area contributed by atoms with Gasteiger partial charge in [-0.1, -0.05) is 38.1 Å². The predicted octanol–water partition coefficient (Wildman–Crippen LogP) is 3.84. The zero-order valence-corrected chi connectivity index (χ0v) is 14.0. The van der Waals surface area contributed by atoms with Gasteiger partial charge in [0.05, 0.1) is 11.4 Å². The topological polar surface area (TPSA) is 70.1 Å². The molecule has 0 atom stereocenters. The molecule has 2 aromatic heterocycles. The highest BCUT2D eigenvalue weighted by molar-refractivity contribution is 6.03. The molecule has 0 radical (unpaired) electrons. The van der Waals surface area contributed by atoms with Crippen LogP contribution in [0.4, 0.5) is 0 Å². The Hall–Kier alpha value is -2.95. The lowest BCUT2D eigenvalue weighted by Gasteiger charge is -2.07. The molecule has 0 aliphatic rings. The summed E-state index contributed by atoms with van der Waals surface area (Å²) in [6.45, 7) is 5.97. The number of aromatic amines is 1. The van der Waals surface area contributed by atoms with Crippen LogP contribution < -0.4 is 5.43 Å². The quantitative estimate of drug-likeness (QED) is 0.566. The summed E-state index contributed by atoms with van der Waals surface area (Å²) in [6.07, 6.45) is 1.70. The van der Waals surface area contributed by atoms with Crippen molar-refractivity contribution in [3.8, 4) is 0 Å². The van der Waals surface area contributed by atoms with Crippen molar-refractivity contribution in [2.24, 2.45) is 5.10 Å². The molecule has 0 saturated carbocycles. The Labute approximate surface area is 140 Å². The Morgan fingerprint density at radius 1 is 1.17 bits per heavy atom. The Morgan fingerprint density at radius 2 is 1.92 bits per heavy atom. The molecule has 3 aromatic rings. The molecule has 0 spiro atoms. The van der Waals surface area contributed by atoms with Crippen LogP contribution >= 0.6 is 0 Å². The summed E-state index contributed by atoms with van der Waals surface area (Å²) in [5, 5.41) is 5.25. The number of carbonyl (C=O) groups is 1. The number of aromatic nitrogens is 2. The highest BCUT2D eigenvalue weighted by Crippen LogP contribution is 2.29. The molecular formula is C19H20N4O. The van der Waals surface area contributed by atoms with Crippen LogP contribution in [0.25, 0.3) is 10.9 Å². The fourth-order valence-corrected chi connectivity index (χ4v) is 2.77. The Kier molecular flexibility index (Phi) is 4.42. The number of benzene rings is 1. The van der Waals surface area contributed by atoms with Crippen LogP contribution in [0.2, 0.25) is 0 Å². The molecule has 0 bridgehead atoms. The molecule has 0 fully saturated rings. The highest BCUT2D eigenvalue weighted by atomic mass is 16.2. The number of hydrazone groups is 1. The molecule has 0 aliphatic heterocycles. The van der Waals surface area contributed by atoms with Gasteiger partial charge in [0.25, 0.3) is 5.91 Å². The van der Waals surface area contributed by atoms with Crippen LogP contribution in [0.3, 0.4) is 0 Å². The number of carbonyl (C=O) groups excluding carboxylic acids is 1. The molecule has 0 aliphatic carbocycles. The molecular weight excluding hydrogens is 300 g/mol. The van der Waals surface area contributed by atoms with Gasteiger partial charge < -0.3 is 4.98 Å². The summed E-state index contributed by atoms with van der Waals surface area (Å²) in [5.74, 6) is -0.0204. The molecule has 2 N–H and O–H groups in total. The summed E-state index contributed by atoms with van der Waals surface area (Å²) in [5.41, 5.74) is 6.55. The smallest absolute Gasteiger partial charge is 0.288 e. The normalized spacial score (nSPS) is 11.9. The van der Waals surface area contributed by atoms with E-state index < -0.39 is 0 Å². The number of pyridine rings is 1. The molecule has 1 amide bonds. The molecule has 1 aromatic carbocycles. The first-order chi connectivity index (χ1) is 11.6. The lowest BCUT2D eigenvalue weighted by molar-refractivity contribution is 0.0949. The van der Waals surface area contributed by atoms with E-state index in [0.29, 0.717) is 11.4 Å². The number of nitrogens with one attached hydrogen (secondary N) is 2. The maximum Gasteiger partial charge on any atom is 0.288 e. The monoisotopic (exact) mass is 320 g/mol. The van der Waals surface area contributed by atoms with Gasteiger partial charge in [-0.25, -0.2) is 5.43 Å². The van der Waals surface area contributed by atoms with Gasteiger partial charge in [-0.15, -0.1) is 0 Å². The summed E-state index contributed by atoms with van der Waals surface area (Å²) in [6, 6.07) is 13.5. The number of rotatable bonds is 4. The van der Waals surface area contributed by atoms with Crippen LogP contribution in [0.15, 0.2) is 53.8 Å². The molecule has 3 rings (SSSR count). The molecule has 0 unspecified atom stereocenters. The van der Waals surface area contributed by atoms with Crippen molar-refractivity contribution >= 4 is 22.5 Å². The largest absolute Gasteiger partial charge is 0.350 e. The standard InChI is InChI=1S/C19H20N4O/c1-12(2)17-14-8-4-5-10-16(14)21-18(17)19(24)23-22-13(3)15-9-6-7-11-20-15/h4-12,21H,1-3H3,(H,23,24). The van der Waals surface area contributed by atoms with Crippen molar-refractivity contribution in [3.05, 3.63) is 65.6 Å². The third kappa shape index (κ3) is 3.06. The van der Waals surface area contributed by atoms with Crippen molar-refractivity contribution in [2.45, 2.75) is 26.7 Å². The van der Waals surface area contributed by atoms with Crippen LogP contribution in [0.1, 0.15) is 48.4 Å². The van der Waals surface area contributed by atoms with Crippen LogP contribution in [0, 0.1) is 0 Å². The lowest BCUT2D eigenvalue weighted by atomic mass is 9.99. The summed E-state index contributed by atoms with van der Waals surface area (Å²) < 4.78 is 0. The zero-order valence-electron chi connectivity index (χ0n) is 14.0. The summed E-state index contributed by atoms with van der Waals surface area (Å²) >= 11 is 0. The molecule has 5 heteroatoms. The van der Waals surface area contributed by atoms with Gasteiger partial charge in [0, 0.05) is 17.1 Å². The van der Waals surface area contributed by atoms with E-state index in [4.69, 9.17) is 0 Å². The number of H-pyrrole nitrogens is 1. The number of hydrogen-bond donors (Lipinski definition) is 2. The van der Waals surface area contributed by atoms with Crippen LogP contribution in [-0.2, 0) is 0 Å². The second kappa shape index (κ2) is 6.66. The third-order valence-electron chi connectivity index (χ3n) is 3.91. The van der Waals surface area contributed by atoms with E-state index in [1.54, 1.807) is 6.20 Å². The fraction of sp³-hybridized carbons (Fsp3) is 0.211. The van der Waals surface area contributed by atoms with Crippen LogP contribution in [0.5, 0.6) is 0 Å². The van der Waals surface area contributed by atoms with Gasteiger partial charge in [0.1, 0.15) is 5.69 Å². The van der Waals surface area contributed by atoms with Crippen molar-refractivity contribution in [1.82, 2.24) is 15.4 Å². The minimum absolute atomic E-state index is 0.225. The van der Waals surface area contributed by atoms with Crippen molar-refractivity contribution in [1.29, 1.82) is 0 Å². The second-order valence-corrected chi connectivity index (χ2v) is 5.97. The van der Waals surface area contributed by atoms with Crippen LogP contribution in [-0.4, -0.2) is 21.6 Å². The molecule has 0 saturated heterocycles. The first-order valence-electron chi connectivity index (χ1n) is 7.94. The minimum Gasteiger partial charge on any atom is -0.350 e. The Balaban J connectivity index is 1.90. The Morgan fingerprint density at radius 3 is 2.62 bits per heavy atom. The van der Waals surface area contributed by atoms with Crippen molar-refractivity contribution in [3.63, 3.8) is 0 Å². The van der Waals surface area contributed by atoms with Gasteiger partial charge in [0.15, 0.2) is 0 Å². The number of hydrogen-bond acceptors (Lipinski definition) is 3. The zero-order chi connectivity index (χ0) is 17.1. The maximum absolute atomic E-state index is 12.6. The lowest BCUT2D eigenvalue weighted by Crippen LogP contribution is -2.21. The third-order valence-corrected chi connectivity index (χ3v) is 3.91. The Bertz CT molecular complexity index is 894. The summed E-state index contributed by atoms with van der Waals surface area (Å²) in [7, 11) is 0. The first-order valence-corrected chi connectivity index (χ1v) is 7.94. The minimum atomic E-state index is -0.245. The predicted molar refractivity (Wildman–Crippen MR) is 96.3 cm³/mol. The van der Waals surface area contributed by atoms with E-state index in [-0.39, 0.29) is 11.8 Å². The first kappa shape index (κ1) is 15.9. The number of amides is 1. The SMILES string of the molecule is CC(=NNC(=O)c1[nH]c2ccccc2c1C(C)C)c1ccccn1. The van der Waals surface area contributed by atoms with E-state index in [1.165, 1.54) is 0 Å². The maximum atomic E-state index is 12.6. The van der Waals surface area contributed by atoms with Gasteiger partial charge in [-0.2, -0.15) is 5.10 Å². The van der Waals surface area contributed by atoms with Gasteiger partial charge in [-0.3, -0.25) is 9.78 Å². The van der Waals surface area contributed by atoms with Crippen molar-refractivity contribution < 1.29 is 4.79 Å². The second-order valence-electron chi connectivity index (χ2n) is 5.97. The van der Waals surface area contributed by atoms with E-state index >= 15 is 0 Å². The summed E-state index contributed by atoms with van der Waals surface area (Å²) in [4.78, 5) is 20.0. The number of para-hydroxylation sites is 1. The number of fused-ring (bicyclic) bond motifs is 1. The molecule has 24 heavy (non-hydrogen) atoms. The molecule has 2 heterocycles. The van der Waals surface area contributed by atoms with E-state index in [2.05, 4.69) is 34.3 Å².